The first-order valence-corrected chi connectivity index (χ1v) is 8.56. The fourth-order valence-corrected chi connectivity index (χ4v) is 3.94. The number of rotatable bonds is 4. The molecule has 2 nitrogen and oxygen atoms in total. The summed E-state index contributed by atoms with van der Waals surface area (Å²) in [5.74, 6) is 0.792. The van der Waals surface area contributed by atoms with Crippen LogP contribution < -0.4 is 5.32 Å². The Balaban J connectivity index is 2.00. The number of aryl methyl sites for hydroxylation is 2. The molecule has 1 unspecified atom stereocenters. The molecule has 0 aromatic heterocycles. The van der Waals surface area contributed by atoms with E-state index in [0.29, 0.717) is 6.04 Å². The first-order valence-electron chi connectivity index (χ1n) is 7.77. The number of halogens is 1. The van der Waals surface area contributed by atoms with Gasteiger partial charge in [-0.1, -0.05) is 22.9 Å². The van der Waals surface area contributed by atoms with E-state index < -0.39 is 0 Å². The average molecular weight is 339 g/mol. The average Bonchev–Trinajstić information content (AvgIpc) is 2.42. The molecule has 1 aromatic carbocycles. The van der Waals surface area contributed by atoms with Crippen molar-refractivity contribution in [3.8, 4) is 0 Å². The van der Waals surface area contributed by atoms with Crippen LogP contribution in [0.15, 0.2) is 16.6 Å². The summed E-state index contributed by atoms with van der Waals surface area (Å²) < 4.78 is 1.17. The molecule has 112 valence electrons. The lowest BCUT2D eigenvalue weighted by molar-refractivity contribution is 0.183. The van der Waals surface area contributed by atoms with Gasteiger partial charge >= 0.3 is 0 Å². The lowest BCUT2D eigenvalue weighted by atomic mass is 9.90. The Hall–Kier alpha value is -0.540. The van der Waals surface area contributed by atoms with Crippen molar-refractivity contribution in [2.75, 3.05) is 25.0 Å². The quantitative estimate of drug-likeness (QED) is 0.863. The number of nitrogens with zero attached hydrogens (tertiary/aromatic N) is 1. The second kappa shape index (κ2) is 6.95. The number of hydrogen-bond donors (Lipinski definition) is 1. The Morgan fingerprint density at radius 3 is 2.30 bits per heavy atom. The highest BCUT2D eigenvalue weighted by Gasteiger charge is 2.23. The molecule has 2 rings (SSSR count). The van der Waals surface area contributed by atoms with Crippen LogP contribution in [0.2, 0.25) is 0 Å². The largest absolute Gasteiger partial charge is 0.382 e. The van der Waals surface area contributed by atoms with Crippen molar-refractivity contribution in [1.82, 2.24) is 4.90 Å². The Labute approximate surface area is 132 Å². The van der Waals surface area contributed by atoms with Gasteiger partial charge in [-0.05, 0) is 82.4 Å². The summed E-state index contributed by atoms with van der Waals surface area (Å²) in [7, 11) is 0. The third-order valence-corrected chi connectivity index (χ3v) is 5.11. The van der Waals surface area contributed by atoms with E-state index in [1.165, 1.54) is 53.8 Å². The van der Waals surface area contributed by atoms with E-state index in [1.54, 1.807) is 0 Å². The van der Waals surface area contributed by atoms with Crippen LogP contribution >= 0.6 is 15.9 Å². The highest BCUT2D eigenvalue weighted by Crippen LogP contribution is 2.29. The molecule has 0 aliphatic carbocycles. The minimum atomic E-state index is 0.549. The number of piperidine rings is 1. The molecule has 1 fully saturated rings. The molecule has 1 N–H and O–H groups in total. The van der Waals surface area contributed by atoms with Crippen LogP contribution in [-0.4, -0.2) is 30.6 Å². The van der Waals surface area contributed by atoms with E-state index in [4.69, 9.17) is 0 Å². The van der Waals surface area contributed by atoms with Crippen molar-refractivity contribution in [3.05, 3.63) is 27.7 Å². The van der Waals surface area contributed by atoms with Crippen molar-refractivity contribution in [2.45, 2.75) is 46.6 Å². The standard InChI is InChI=1S/C17H27BrN2/c1-5-20-8-6-15(7-9-20)14(4)19-17-12(2)10-16(18)11-13(17)3/h10-11,14-15,19H,5-9H2,1-4H3. The number of likely N-dealkylation sites (tertiary alicyclic amines) is 1. The van der Waals surface area contributed by atoms with Gasteiger partial charge in [-0.25, -0.2) is 0 Å². The van der Waals surface area contributed by atoms with Crippen LogP contribution in [0, 0.1) is 19.8 Å². The fourth-order valence-electron chi connectivity index (χ4n) is 3.25. The van der Waals surface area contributed by atoms with Crippen LogP contribution in [0.3, 0.4) is 0 Å². The Kier molecular flexibility index (Phi) is 5.50. The van der Waals surface area contributed by atoms with Crippen LogP contribution in [-0.2, 0) is 0 Å². The zero-order chi connectivity index (χ0) is 14.7. The molecule has 3 heteroatoms. The summed E-state index contributed by atoms with van der Waals surface area (Å²) in [6.45, 7) is 12.7. The molecule has 20 heavy (non-hydrogen) atoms. The van der Waals surface area contributed by atoms with Crippen molar-refractivity contribution in [2.24, 2.45) is 5.92 Å². The van der Waals surface area contributed by atoms with Crippen molar-refractivity contribution < 1.29 is 0 Å². The van der Waals surface area contributed by atoms with Crippen molar-refractivity contribution >= 4 is 21.6 Å². The van der Waals surface area contributed by atoms with Gasteiger partial charge in [0.1, 0.15) is 0 Å². The molecule has 0 bridgehead atoms. The molecule has 1 saturated heterocycles. The molecule has 0 amide bonds. The van der Waals surface area contributed by atoms with Crippen LogP contribution in [0.1, 0.15) is 37.8 Å². The highest BCUT2D eigenvalue weighted by atomic mass is 79.9. The van der Waals surface area contributed by atoms with E-state index in [1.807, 2.05) is 0 Å². The van der Waals surface area contributed by atoms with Gasteiger partial charge in [-0.2, -0.15) is 0 Å². The predicted molar refractivity (Wildman–Crippen MR) is 91.5 cm³/mol. The van der Waals surface area contributed by atoms with Gasteiger partial charge in [-0.3, -0.25) is 0 Å². The summed E-state index contributed by atoms with van der Waals surface area (Å²) in [6.07, 6.45) is 2.63. The van der Waals surface area contributed by atoms with E-state index in [2.05, 4.69) is 66.0 Å². The van der Waals surface area contributed by atoms with Gasteiger partial charge in [0.15, 0.2) is 0 Å². The molecule has 0 radical (unpaired) electrons. The third kappa shape index (κ3) is 3.76. The first kappa shape index (κ1) is 15.8. The van der Waals surface area contributed by atoms with Crippen LogP contribution in [0.5, 0.6) is 0 Å². The lowest BCUT2D eigenvalue weighted by Crippen LogP contribution is -2.39. The van der Waals surface area contributed by atoms with Gasteiger partial charge in [-0.15, -0.1) is 0 Å². The minimum absolute atomic E-state index is 0.549. The zero-order valence-electron chi connectivity index (χ0n) is 13.2. The van der Waals surface area contributed by atoms with Crippen molar-refractivity contribution in [3.63, 3.8) is 0 Å². The van der Waals surface area contributed by atoms with Gasteiger partial charge < -0.3 is 10.2 Å². The maximum atomic E-state index is 3.77. The molecular weight excluding hydrogens is 312 g/mol. The second-order valence-electron chi connectivity index (χ2n) is 6.12. The smallest absolute Gasteiger partial charge is 0.0402 e. The van der Waals surface area contributed by atoms with Crippen LogP contribution in [0.4, 0.5) is 5.69 Å². The van der Waals surface area contributed by atoms with Crippen LogP contribution in [0.25, 0.3) is 0 Å². The molecule has 1 aliphatic heterocycles. The third-order valence-electron chi connectivity index (χ3n) is 4.66. The number of anilines is 1. The summed E-state index contributed by atoms with van der Waals surface area (Å²) in [4.78, 5) is 2.55. The molecule has 1 heterocycles. The van der Waals surface area contributed by atoms with E-state index in [-0.39, 0.29) is 0 Å². The summed E-state index contributed by atoms with van der Waals surface area (Å²) >= 11 is 3.57. The topological polar surface area (TPSA) is 15.3 Å². The zero-order valence-corrected chi connectivity index (χ0v) is 14.8. The number of hydrogen-bond acceptors (Lipinski definition) is 2. The fraction of sp³-hybridized carbons (Fsp3) is 0.647. The van der Waals surface area contributed by atoms with E-state index >= 15 is 0 Å². The Morgan fingerprint density at radius 2 is 1.80 bits per heavy atom. The molecule has 0 saturated carbocycles. The van der Waals surface area contributed by atoms with Gasteiger partial charge in [0, 0.05) is 16.2 Å². The van der Waals surface area contributed by atoms with Gasteiger partial charge in [0.05, 0.1) is 0 Å². The lowest BCUT2D eigenvalue weighted by Gasteiger charge is -2.35. The summed E-state index contributed by atoms with van der Waals surface area (Å²) in [5, 5.41) is 3.77. The second-order valence-corrected chi connectivity index (χ2v) is 7.03. The SMILES string of the molecule is CCN1CCC(C(C)Nc2c(C)cc(Br)cc2C)CC1. The van der Waals surface area contributed by atoms with Crippen molar-refractivity contribution in [1.29, 1.82) is 0 Å². The summed E-state index contributed by atoms with van der Waals surface area (Å²) in [6, 6.07) is 4.94. The Morgan fingerprint density at radius 1 is 1.25 bits per heavy atom. The van der Waals surface area contributed by atoms with E-state index in [9.17, 15) is 0 Å². The molecule has 1 aliphatic rings. The van der Waals surface area contributed by atoms with E-state index in [0.717, 1.165) is 5.92 Å². The molecule has 1 aromatic rings. The monoisotopic (exact) mass is 338 g/mol. The maximum Gasteiger partial charge on any atom is 0.0402 e. The predicted octanol–water partition coefficient (Wildman–Crippen LogP) is 4.60. The normalized spacial score (nSPS) is 19.1. The summed E-state index contributed by atoms with van der Waals surface area (Å²) in [5.41, 5.74) is 3.98. The molecular formula is C17H27BrN2. The van der Waals surface area contributed by atoms with Gasteiger partial charge in [0.25, 0.3) is 0 Å². The van der Waals surface area contributed by atoms with Gasteiger partial charge in [0.2, 0.25) is 0 Å². The molecule has 1 atom stereocenters. The number of benzene rings is 1. The first-order chi connectivity index (χ1) is 9.51. The Bertz CT molecular complexity index is 427. The maximum absolute atomic E-state index is 3.77. The minimum Gasteiger partial charge on any atom is -0.382 e. The number of nitrogens with one attached hydrogen (secondary N) is 1. The molecule has 0 spiro atoms. The highest BCUT2D eigenvalue weighted by molar-refractivity contribution is 9.10.